The van der Waals surface area contributed by atoms with Gasteiger partial charge in [-0.3, -0.25) is 0 Å². The molecule has 1 atom stereocenters. The van der Waals surface area contributed by atoms with Crippen LogP contribution in [0.2, 0.25) is 15.1 Å². The number of halogens is 3. The van der Waals surface area contributed by atoms with Crippen LogP contribution in [0.4, 0.5) is 5.69 Å². The lowest BCUT2D eigenvalue weighted by molar-refractivity contribution is 0.762. The van der Waals surface area contributed by atoms with E-state index in [2.05, 4.69) is 29.6 Å². The highest BCUT2D eigenvalue weighted by Gasteiger charge is 2.22. The summed E-state index contributed by atoms with van der Waals surface area (Å²) in [4.78, 5) is 0. The molecule has 0 bridgehead atoms. The molecule has 0 amide bonds. The molecule has 3 rings (SSSR count). The van der Waals surface area contributed by atoms with Crippen molar-refractivity contribution in [1.82, 2.24) is 0 Å². The Morgan fingerprint density at radius 1 is 0.947 bits per heavy atom. The van der Waals surface area contributed by atoms with Gasteiger partial charge in [0.2, 0.25) is 0 Å². The van der Waals surface area contributed by atoms with Crippen molar-refractivity contribution in [2.24, 2.45) is 0 Å². The van der Waals surface area contributed by atoms with E-state index in [0.29, 0.717) is 15.1 Å². The van der Waals surface area contributed by atoms with Gasteiger partial charge in [0.15, 0.2) is 0 Å². The van der Waals surface area contributed by atoms with Crippen LogP contribution in [0.1, 0.15) is 23.6 Å². The van der Waals surface area contributed by atoms with Gasteiger partial charge in [-0.15, -0.1) is 0 Å². The van der Waals surface area contributed by atoms with Crippen LogP contribution in [-0.4, -0.2) is 0 Å². The lowest BCUT2D eigenvalue weighted by Crippen LogP contribution is -2.07. The molecule has 1 nitrogen and oxygen atoms in total. The van der Waals surface area contributed by atoms with Gasteiger partial charge in [-0.25, -0.2) is 0 Å². The molecule has 0 spiro atoms. The van der Waals surface area contributed by atoms with Gasteiger partial charge >= 0.3 is 0 Å². The first kappa shape index (κ1) is 13.1. The molecular weight excluding hydrogens is 301 g/mol. The molecule has 2 aromatic rings. The standard InChI is InChI=1S/C15H12Cl3N/c16-11-7-13(18)15(8-12(11)17)19-14-6-5-9-3-1-2-4-10(9)14/h1-4,7-8,14,19H,5-6H2. The summed E-state index contributed by atoms with van der Waals surface area (Å²) in [5, 5.41) is 5.04. The summed E-state index contributed by atoms with van der Waals surface area (Å²) >= 11 is 18.2. The average molecular weight is 313 g/mol. The van der Waals surface area contributed by atoms with Crippen LogP contribution in [-0.2, 0) is 6.42 Å². The molecule has 1 aliphatic rings. The van der Waals surface area contributed by atoms with E-state index >= 15 is 0 Å². The van der Waals surface area contributed by atoms with Crippen molar-refractivity contribution in [1.29, 1.82) is 0 Å². The fourth-order valence-electron chi connectivity index (χ4n) is 2.53. The van der Waals surface area contributed by atoms with Crippen molar-refractivity contribution in [2.45, 2.75) is 18.9 Å². The lowest BCUT2D eigenvalue weighted by Gasteiger charge is -2.17. The number of benzene rings is 2. The second-order valence-corrected chi connectivity index (χ2v) is 5.90. The van der Waals surface area contributed by atoms with Crippen LogP contribution in [0.25, 0.3) is 0 Å². The third kappa shape index (κ3) is 2.55. The fraction of sp³-hybridized carbons (Fsp3) is 0.200. The van der Waals surface area contributed by atoms with Crippen molar-refractivity contribution >= 4 is 40.5 Å². The highest BCUT2D eigenvalue weighted by molar-refractivity contribution is 6.44. The zero-order valence-corrected chi connectivity index (χ0v) is 12.4. The number of rotatable bonds is 2. The Morgan fingerprint density at radius 2 is 1.68 bits per heavy atom. The summed E-state index contributed by atoms with van der Waals surface area (Å²) in [7, 11) is 0. The number of hydrogen-bond acceptors (Lipinski definition) is 1. The zero-order chi connectivity index (χ0) is 13.4. The molecule has 0 aliphatic heterocycles. The van der Waals surface area contributed by atoms with E-state index in [0.717, 1.165) is 18.5 Å². The summed E-state index contributed by atoms with van der Waals surface area (Å²) in [6.07, 6.45) is 2.16. The maximum Gasteiger partial charge on any atom is 0.0653 e. The van der Waals surface area contributed by atoms with E-state index < -0.39 is 0 Å². The van der Waals surface area contributed by atoms with Crippen LogP contribution < -0.4 is 5.32 Å². The van der Waals surface area contributed by atoms with Crippen LogP contribution in [0.3, 0.4) is 0 Å². The first-order chi connectivity index (χ1) is 9.15. The summed E-state index contributed by atoms with van der Waals surface area (Å²) in [5.74, 6) is 0. The van der Waals surface area contributed by atoms with Gasteiger partial charge in [0.1, 0.15) is 0 Å². The highest BCUT2D eigenvalue weighted by Crippen LogP contribution is 2.38. The number of nitrogens with one attached hydrogen (secondary N) is 1. The minimum Gasteiger partial charge on any atom is -0.377 e. The molecule has 0 heterocycles. The fourth-order valence-corrected chi connectivity index (χ4v) is 3.13. The molecule has 0 radical (unpaired) electrons. The third-order valence-corrected chi connectivity index (χ3v) is 4.51. The van der Waals surface area contributed by atoms with Crippen molar-refractivity contribution in [3.05, 3.63) is 62.6 Å². The number of fused-ring (bicyclic) bond motifs is 1. The second kappa shape index (κ2) is 5.24. The zero-order valence-electron chi connectivity index (χ0n) is 10.1. The molecule has 0 saturated carbocycles. The molecule has 0 saturated heterocycles. The summed E-state index contributed by atoms with van der Waals surface area (Å²) in [6.45, 7) is 0. The predicted octanol–water partition coefficient (Wildman–Crippen LogP) is 5.75. The molecule has 98 valence electrons. The monoisotopic (exact) mass is 311 g/mol. The van der Waals surface area contributed by atoms with E-state index in [1.54, 1.807) is 12.1 Å². The van der Waals surface area contributed by atoms with Crippen LogP contribution >= 0.6 is 34.8 Å². The predicted molar refractivity (Wildman–Crippen MR) is 82.6 cm³/mol. The van der Waals surface area contributed by atoms with Crippen LogP contribution in [0, 0.1) is 0 Å². The summed E-state index contributed by atoms with van der Waals surface area (Å²) in [6, 6.07) is 12.2. The van der Waals surface area contributed by atoms with Gasteiger partial charge in [0.05, 0.1) is 26.8 Å². The maximum atomic E-state index is 6.20. The molecule has 1 aliphatic carbocycles. The number of aryl methyl sites for hydroxylation is 1. The Hall–Kier alpha value is -0.890. The van der Waals surface area contributed by atoms with E-state index in [1.165, 1.54) is 11.1 Å². The molecule has 19 heavy (non-hydrogen) atoms. The SMILES string of the molecule is Clc1cc(Cl)c(NC2CCc3ccccc32)cc1Cl. The highest BCUT2D eigenvalue weighted by atomic mass is 35.5. The van der Waals surface area contributed by atoms with Crippen molar-refractivity contribution in [3.63, 3.8) is 0 Å². The maximum absolute atomic E-state index is 6.20. The van der Waals surface area contributed by atoms with E-state index in [9.17, 15) is 0 Å². The number of anilines is 1. The van der Waals surface area contributed by atoms with Gasteiger partial charge in [0, 0.05) is 0 Å². The van der Waals surface area contributed by atoms with Crippen molar-refractivity contribution in [2.75, 3.05) is 5.32 Å². The Balaban J connectivity index is 1.89. The first-order valence-corrected chi connectivity index (χ1v) is 7.27. The first-order valence-electron chi connectivity index (χ1n) is 6.14. The Morgan fingerprint density at radius 3 is 2.53 bits per heavy atom. The molecule has 0 fully saturated rings. The normalized spacial score (nSPS) is 17.3. The van der Waals surface area contributed by atoms with Gasteiger partial charge < -0.3 is 5.32 Å². The Kier molecular flexibility index (Phi) is 3.62. The number of hydrogen-bond donors (Lipinski definition) is 1. The summed E-state index contributed by atoms with van der Waals surface area (Å²) in [5.41, 5.74) is 3.57. The molecule has 2 aromatic carbocycles. The molecular formula is C15H12Cl3N. The topological polar surface area (TPSA) is 12.0 Å². The van der Waals surface area contributed by atoms with Crippen LogP contribution in [0.15, 0.2) is 36.4 Å². The molecule has 4 heteroatoms. The molecule has 0 aromatic heterocycles. The second-order valence-electron chi connectivity index (χ2n) is 4.68. The lowest BCUT2D eigenvalue weighted by atomic mass is 10.1. The molecule has 1 unspecified atom stereocenters. The van der Waals surface area contributed by atoms with Gasteiger partial charge in [-0.1, -0.05) is 59.1 Å². The van der Waals surface area contributed by atoms with Crippen molar-refractivity contribution < 1.29 is 0 Å². The van der Waals surface area contributed by atoms with Crippen molar-refractivity contribution in [3.8, 4) is 0 Å². The van der Waals surface area contributed by atoms with Gasteiger partial charge in [-0.2, -0.15) is 0 Å². The van der Waals surface area contributed by atoms with Gasteiger partial charge in [0.25, 0.3) is 0 Å². The van der Waals surface area contributed by atoms with Crippen LogP contribution in [0.5, 0.6) is 0 Å². The third-order valence-electron chi connectivity index (χ3n) is 3.47. The Labute approximate surface area is 127 Å². The van der Waals surface area contributed by atoms with Gasteiger partial charge in [-0.05, 0) is 36.1 Å². The minimum atomic E-state index is 0.283. The smallest absolute Gasteiger partial charge is 0.0653 e. The summed E-state index contributed by atoms with van der Waals surface area (Å²) < 4.78 is 0. The van der Waals surface area contributed by atoms with E-state index in [4.69, 9.17) is 34.8 Å². The minimum absolute atomic E-state index is 0.283. The quantitative estimate of drug-likeness (QED) is 0.697. The van der Waals surface area contributed by atoms with E-state index in [-0.39, 0.29) is 6.04 Å². The van der Waals surface area contributed by atoms with E-state index in [1.807, 2.05) is 0 Å². The Bertz CT molecular complexity index is 625. The average Bonchev–Trinajstić information content (AvgIpc) is 2.80. The molecule has 1 N–H and O–H groups in total. The largest absolute Gasteiger partial charge is 0.377 e.